The average molecular weight is 249 g/mol. The number of hydrogen-bond acceptors (Lipinski definition) is 3. The lowest BCUT2D eigenvalue weighted by Gasteiger charge is -2.22. The normalized spacial score (nSPS) is 23.0. The predicted molar refractivity (Wildman–Crippen MR) is 67.8 cm³/mol. The third kappa shape index (κ3) is 2.71. The molecule has 1 saturated heterocycles. The Bertz CT molecular complexity index is 425. The van der Waals surface area contributed by atoms with Gasteiger partial charge in [-0.2, -0.15) is 0 Å². The molecule has 1 aromatic rings. The van der Waals surface area contributed by atoms with Gasteiger partial charge in [0.05, 0.1) is 6.61 Å². The molecule has 1 fully saturated rings. The largest absolute Gasteiger partial charge is 0.392 e. The Morgan fingerprint density at radius 1 is 1.44 bits per heavy atom. The van der Waals surface area contributed by atoms with Gasteiger partial charge in [0.1, 0.15) is 5.60 Å². The number of ether oxygens (including phenoxy) is 1. The zero-order chi connectivity index (χ0) is 13.0. The van der Waals surface area contributed by atoms with Crippen LogP contribution in [-0.4, -0.2) is 23.2 Å². The number of amides is 1. The van der Waals surface area contributed by atoms with Crippen molar-refractivity contribution in [1.29, 1.82) is 0 Å². The van der Waals surface area contributed by atoms with Crippen molar-refractivity contribution in [3.05, 3.63) is 35.4 Å². The zero-order valence-electron chi connectivity index (χ0n) is 10.6. The van der Waals surface area contributed by atoms with E-state index < -0.39 is 5.60 Å². The fourth-order valence-electron chi connectivity index (χ4n) is 2.20. The van der Waals surface area contributed by atoms with E-state index in [-0.39, 0.29) is 12.5 Å². The van der Waals surface area contributed by atoms with E-state index >= 15 is 0 Å². The minimum atomic E-state index is -0.686. The maximum Gasteiger partial charge on any atom is 0.252 e. The molecule has 4 nitrogen and oxygen atoms in total. The second-order valence-electron chi connectivity index (χ2n) is 4.79. The van der Waals surface area contributed by atoms with Crippen LogP contribution in [0.4, 0.5) is 0 Å². The summed E-state index contributed by atoms with van der Waals surface area (Å²) < 4.78 is 5.49. The number of aliphatic hydroxyl groups is 1. The van der Waals surface area contributed by atoms with Crippen molar-refractivity contribution in [2.75, 3.05) is 6.61 Å². The first kappa shape index (κ1) is 13.1. The smallest absolute Gasteiger partial charge is 0.252 e. The Hall–Kier alpha value is -1.39. The van der Waals surface area contributed by atoms with Crippen molar-refractivity contribution in [2.24, 2.45) is 0 Å². The van der Waals surface area contributed by atoms with E-state index in [1.54, 1.807) is 0 Å². The van der Waals surface area contributed by atoms with Gasteiger partial charge in [0.2, 0.25) is 0 Å². The van der Waals surface area contributed by atoms with Crippen LogP contribution in [0.5, 0.6) is 0 Å². The van der Waals surface area contributed by atoms with Gasteiger partial charge in [0.25, 0.3) is 5.91 Å². The van der Waals surface area contributed by atoms with E-state index in [2.05, 4.69) is 5.32 Å². The van der Waals surface area contributed by atoms with Crippen molar-refractivity contribution >= 4 is 5.91 Å². The number of benzene rings is 1. The molecule has 2 rings (SSSR count). The lowest BCUT2D eigenvalue weighted by atomic mass is 10.0. The van der Waals surface area contributed by atoms with Gasteiger partial charge >= 0.3 is 0 Å². The first-order chi connectivity index (χ1) is 8.65. The lowest BCUT2D eigenvalue weighted by molar-refractivity contribution is -0.139. The van der Waals surface area contributed by atoms with E-state index in [4.69, 9.17) is 4.74 Å². The standard InChI is InChI=1S/C14H19NO3/c1-14(7-4-8-18-14)13(17)15-9-11-5-2-3-6-12(11)10-16/h2-3,5-6,16H,4,7-10H2,1H3,(H,15,17). The van der Waals surface area contributed by atoms with Crippen LogP contribution in [0.2, 0.25) is 0 Å². The predicted octanol–water partition coefficient (Wildman–Crippen LogP) is 1.36. The molecule has 0 aromatic heterocycles. The first-order valence-electron chi connectivity index (χ1n) is 6.25. The Morgan fingerprint density at radius 2 is 2.17 bits per heavy atom. The zero-order valence-corrected chi connectivity index (χ0v) is 10.6. The van der Waals surface area contributed by atoms with E-state index in [0.29, 0.717) is 13.2 Å². The number of carbonyl (C=O) groups excluding carboxylic acids is 1. The molecule has 1 heterocycles. The van der Waals surface area contributed by atoms with E-state index in [1.165, 1.54) is 0 Å². The second-order valence-corrected chi connectivity index (χ2v) is 4.79. The van der Waals surface area contributed by atoms with Gasteiger partial charge in [-0.15, -0.1) is 0 Å². The molecule has 4 heteroatoms. The summed E-state index contributed by atoms with van der Waals surface area (Å²) in [7, 11) is 0. The fraction of sp³-hybridized carbons (Fsp3) is 0.500. The molecule has 0 bridgehead atoms. The second kappa shape index (κ2) is 5.50. The van der Waals surface area contributed by atoms with Gasteiger partial charge in [-0.25, -0.2) is 0 Å². The molecule has 1 aliphatic rings. The maximum atomic E-state index is 12.0. The number of carbonyl (C=O) groups is 1. The highest BCUT2D eigenvalue weighted by Gasteiger charge is 2.37. The van der Waals surface area contributed by atoms with Gasteiger partial charge in [-0.05, 0) is 30.9 Å². The summed E-state index contributed by atoms with van der Waals surface area (Å²) in [5.74, 6) is -0.0762. The molecule has 18 heavy (non-hydrogen) atoms. The molecule has 1 aliphatic heterocycles. The first-order valence-corrected chi connectivity index (χ1v) is 6.25. The van der Waals surface area contributed by atoms with Gasteiger partial charge < -0.3 is 15.2 Å². The summed E-state index contributed by atoms with van der Waals surface area (Å²) in [5, 5.41) is 12.1. The average Bonchev–Trinajstić information content (AvgIpc) is 2.84. The van der Waals surface area contributed by atoms with Crippen LogP contribution >= 0.6 is 0 Å². The molecule has 2 N–H and O–H groups in total. The monoisotopic (exact) mass is 249 g/mol. The van der Waals surface area contributed by atoms with Crippen LogP contribution in [0.15, 0.2) is 24.3 Å². The Kier molecular flexibility index (Phi) is 3.99. The number of hydrogen-bond donors (Lipinski definition) is 2. The quantitative estimate of drug-likeness (QED) is 0.847. The third-order valence-corrected chi connectivity index (χ3v) is 3.43. The summed E-state index contributed by atoms with van der Waals surface area (Å²) >= 11 is 0. The highest BCUT2D eigenvalue weighted by Crippen LogP contribution is 2.25. The van der Waals surface area contributed by atoms with Crippen LogP contribution in [0.25, 0.3) is 0 Å². The van der Waals surface area contributed by atoms with Gasteiger partial charge in [-0.1, -0.05) is 24.3 Å². The molecular formula is C14H19NO3. The molecule has 1 aromatic carbocycles. The molecule has 0 spiro atoms. The van der Waals surface area contributed by atoms with Crippen LogP contribution < -0.4 is 5.32 Å². The molecule has 0 radical (unpaired) electrons. The minimum absolute atomic E-state index is 0.0141. The number of aliphatic hydroxyl groups excluding tert-OH is 1. The van der Waals surface area contributed by atoms with Crippen molar-refractivity contribution in [1.82, 2.24) is 5.32 Å². The number of rotatable bonds is 4. The van der Waals surface area contributed by atoms with Crippen LogP contribution in [0, 0.1) is 0 Å². The summed E-state index contributed by atoms with van der Waals surface area (Å²) in [4.78, 5) is 12.0. The van der Waals surface area contributed by atoms with Crippen LogP contribution in [0.3, 0.4) is 0 Å². The van der Waals surface area contributed by atoms with Crippen molar-refractivity contribution in [2.45, 2.75) is 38.5 Å². The molecule has 1 amide bonds. The van der Waals surface area contributed by atoms with Crippen molar-refractivity contribution in [3.63, 3.8) is 0 Å². The SMILES string of the molecule is CC1(C(=O)NCc2ccccc2CO)CCCO1. The Labute approximate surface area is 107 Å². The van der Waals surface area contributed by atoms with Gasteiger partial charge in [0.15, 0.2) is 0 Å². The fourth-order valence-corrected chi connectivity index (χ4v) is 2.20. The summed E-state index contributed by atoms with van der Waals surface area (Å²) in [5.41, 5.74) is 1.10. The third-order valence-electron chi connectivity index (χ3n) is 3.43. The van der Waals surface area contributed by atoms with Crippen LogP contribution in [0.1, 0.15) is 30.9 Å². The Morgan fingerprint density at radius 3 is 2.78 bits per heavy atom. The van der Waals surface area contributed by atoms with Gasteiger partial charge in [0, 0.05) is 13.2 Å². The molecule has 0 saturated carbocycles. The molecule has 98 valence electrons. The van der Waals surface area contributed by atoms with Crippen molar-refractivity contribution in [3.8, 4) is 0 Å². The highest BCUT2D eigenvalue weighted by atomic mass is 16.5. The topological polar surface area (TPSA) is 58.6 Å². The van der Waals surface area contributed by atoms with E-state index in [9.17, 15) is 9.90 Å². The molecular weight excluding hydrogens is 230 g/mol. The summed E-state index contributed by atoms with van der Waals surface area (Å²) in [6.45, 7) is 2.89. The Balaban J connectivity index is 1.97. The maximum absolute atomic E-state index is 12.0. The number of nitrogens with one attached hydrogen (secondary N) is 1. The van der Waals surface area contributed by atoms with E-state index in [1.807, 2.05) is 31.2 Å². The van der Waals surface area contributed by atoms with Crippen molar-refractivity contribution < 1.29 is 14.6 Å². The van der Waals surface area contributed by atoms with Gasteiger partial charge in [-0.3, -0.25) is 4.79 Å². The van der Waals surface area contributed by atoms with E-state index in [0.717, 1.165) is 24.0 Å². The lowest BCUT2D eigenvalue weighted by Crippen LogP contribution is -2.43. The molecule has 1 unspecified atom stereocenters. The highest BCUT2D eigenvalue weighted by molar-refractivity contribution is 5.85. The molecule has 0 aliphatic carbocycles. The summed E-state index contributed by atoms with van der Waals surface area (Å²) in [6, 6.07) is 7.53. The summed E-state index contributed by atoms with van der Waals surface area (Å²) in [6.07, 6.45) is 1.69. The molecule has 1 atom stereocenters. The van der Waals surface area contributed by atoms with Crippen LogP contribution in [-0.2, 0) is 22.7 Å². The minimum Gasteiger partial charge on any atom is -0.392 e.